The maximum atomic E-state index is 12.1. The lowest BCUT2D eigenvalue weighted by molar-refractivity contribution is 0.220. The van der Waals surface area contributed by atoms with Gasteiger partial charge in [-0.25, -0.2) is 0 Å². The smallest absolute Gasteiger partial charge is 0.104 e. The predicted octanol–water partition coefficient (Wildman–Crippen LogP) is 10.5. The normalized spacial score (nSPS) is 14.2. The number of hydrogen-bond acceptors (Lipinski definition) is 2. The maximum Gasteiger partial charge on any atom is 0.104 e. The third-order valence-corrected chi connectivity index (χ3v) is 23.9. The molecule has 40 heavy (non-hydrogen) atoms. The summed E-state index contributed by atoms with van der Waals surface area (Å²) in [7, 11) is -4.62. The minimum atomic E-state index is -2.31. The predicted molar refractivity (Wildman–Crippen MR) is 179 cm³/mol. The molecule has 2 atom stereocenters. The van der Waals surface area contributed by atoms with E-state index in [4.69, 9.17) is 0 Å². The Morgan fingerprint density at radius 3 is 0.875 bits per heavy atom. The van der Waals surface area contributed by atoms with Gasteiger partial charge in [-0.1, -0.05) is 155 Å². The van der Waals surface area contributed by atoms with E-state index in [9.17, 15) is 10.2 Å². The van der Waals surface area contributed by atoms with Gasteiger partial charge in [0.2, 0.25) is 0 Å². The van der Waals surface area contributed by atoms with Crippen LogP contribution in [0.4, 0.5) is 0 Å². The molecular formula is C36H56O2Si2. The molecule has 0 saturated carbocycles. The molecule has 0 amide bonds. The summed E-state index contributed by atoms with van der Waals surface area (Å²) in [5.41, 5.74) is 11.7. The van der Waals surface area contributed by atoms with Crippen molar-refractivity contribution in [2.24, 2.45) is 0 Å². The van der Waals surface area contributed by atoms with Crippen molar-refractivity contribution in [2.75, 3.05) is 0 Å². The monoisotopic (exact) mass is 576 g/mol. The second-order valence-corrected chi connectivity index (χ2v) is 25.2. The first-order valence-corrected chi connectivity index (χ1v) is 19.9. The zero-order chi connectivity index (χ0) is 30.4. The van der Waals surface area contributed by atoms with E-state index >= 15 is 0 Å². The van der Waals surface area contributed by atoms with Gasteiger partial charge in [0, 0.05) is 10.4 Å². The molecule has 2 rings (SSSR count). The van der Waals surface area contributed by atoms with E-state index < -0.39 is 28.4 Å². The lowest BCUT2D eigenvalue weighted by Crippen LogP contribution is -2.49. The summed E-state index contributed by atoms with van der Waals surface area (Å²) < 4.78 is 0. The summed E-state index contributed by atoms with van der Waals surface area (Å²) >= 11 is 0. The number of aliphatic hydroxyl groups excluding tert-OH is 2. The second-order valence-electron chi connectivity index (χ2n) is 13.5. The van der Waals surface area contributed by atoms with Gasteiger partial charge in [-0.05, 0) is 44.4 Å². The Labute approximate surface area is 248 Å². The van der Waals surface area contributed by atoms with Crippen LogP contribution in [0.2, 0.25) is 33.2 Å². The van der Waals surface area contributed by atoms with Crippen molar-refractivity contribution < 1.29 is 10.2 Å². The number of aliphatic hydroxyl groups is 2. The largest absolute Gasteiger partial charge is 0.384 e. The standard InChI is InChI=1S/C36H56O2Si2/c1-25(2)39(26(3)4,27(5)6)33(35(37)31-19-15-13-16-20-31)23-24-34(36(38)32-21-17-14-18-22-32)40(28(7)8,29(9)10)30(11)12/h13-22,25-30,35-38H,1-12H3. The molecule has 0 fully saturated rings. The van der Waals surface area contributed by atoms with E-state index in [1.54, 1.807) is 0 Å². The van der Waals surface area contributed by atoms with Gasteiger partial charge in [-0.15, -0.1) is 0 Å². The van der Waals surface area contributed by atoms with Gasteiger partial charge in [0.1, 0.15) is 28.4 Å². The molecule has 0 bridgehead atoms. The molecule has 4 heteroatoms. The molecule has 0 aromatic heterocycles. The zero-order valence-electron chi connectivity index (χ0n) is 27.3. The molecule has 2 unspecified atom stereocenters. The molecule has 0 aliphatic rings. The first-order chi connectivity index (χ1) is 18.7. The highest BCUT2D eigenvalue weighted by Gasteiger charge is 2.50. The van der Waals surface area contributed by atoms with Crippen LogP contribution < -0.4 is 0 Å². The first kappa shape index (κ1) is 34.3. The Balaban J connectivity index is 3.25. The van der Waals surface area contributed by atoms with E-state index in [1.807, 2.05) is 60.7 Å². The maximum absolute atomic E-state index is 12.1. The SMILES string of the molecule is CC(C)[Si](C(=C=C=C(C(O)c1ccccc1)[Si](C(C)C)(C(C)C)C(C)C)C(O)c1ccccc1)(C(C)C)C(C)C. The van der Waals surface area contributed by atoms with E-state index in [2.05, 4.69) is 94.5 Å². The molecular weight excluding hydrogens is 521 g/mol. The lowest BCUT2D eigenvalue weighted by atomic mass is 10.1. The lowest BCUT2D eigenvalue weighted by Gasteiger charge is -2.46. The van der Waals surface area contributed by atoms with E-state index in [1.165, 1.54) is 0 Å². The molecule has 220 valence electrons. The summed E-state index contributed by atoms with van der Waals surface area (Å²) in [5, 5.41) is 26.2. The molecule has 2 aromatic carbocycles. The summed E-state index contributed by atoms with van der Waals surface area (Å²) in [6, 6.07) is 20.1. The minimum Gasteiger partial charge on any atom is -0.384 e. The average Bonchev–Trinajstić information content (AvgIpc) is 2.89. The van der Waals surface area contributed by atoms with Gasteiger partial charge < -0.3 is 10.2 Å². The van der Waals surface area contributed by atoms with Crippen LogP contribution in [0.15, 0.2) is 82.5 Å². The van der Waals surface area contributed by atoms with Crippen molar-refractivity contribution >= 4 is 16.1 Å². The number of rotatable bonds is 12. The Morgan fingerprint density at radius 1 is 0.450 bits per heavy atom. The van der Waals surface area contributed by atoms with E-state index in [0.29, 0.717) is 33.2 Å². The fraction of sp³-hybridized carbons (Fsp3) is 0.556. The summed E-state index contributed by atoms with van der Waals surface area (Å²) in [5.74, 6) is 0. The van der Waals surface area contributed by atoms with Crippen molar-refractivity contribution in [2.45, 2.75) is 129 Å². The van der Waals surface area contributed by atoms with Gasteiger partial charge in [0.05, 0.1) is 0 Å². The van der Waals surface area contributed by atoms with Crippen molar-refractivity contribution in [1.29, 1.82) is 0 Å². The van der Waals surface area contributed by atoms with Gasteiger partial charge in [-0.2, -0.15) is 0 Å². The van der Waals surface area contributed by atoms with Crippen LogP contribution in [0, 0.1) is 0 Å². The van der Waals surface area contributed by atoms with Gasteiger partial charge in [-0.3, -0.25) is 0 Å². The van der Waals surface area contributed by atoms with Gasteiger partial charge >= 0.3 is 0 Å². The highest BCUT2D eigenvalue weighted by atomic mass is 28.3. The van der Waals surface area contributed by atoms with Crippen LogP contribution in [0.3, 0.4) is 0 Å². The molecule has 2 N–H and O–H groups in total. The highest BCUT2D eigenvalue weighted by Crippen LogP contribution is 2.51. The summed E-state index contributed by atoms with van der Waals surface area (Å²) in [6.45, 7) is 27.9. The first-order valence-electron chi connectivity index (χ1n) is 15.4. The Kier molecular flexibility index (Phi) is 12.3. The fourth-order valence-corrected chi connectivity index (χ4v) is 22.0. The molecule has 2 aromatic rings. The highest BCUT2D eigenvalue weighted by molar-refractivity contribution is 6.90. The summed E-state index contributed by atoms with van der Waals surface area (Å²) in [6.07, 6.45) is -1.51. The van der Waals surface area contributed by atoms with Crippen LogP contribution in [0.5, 0.6) is 0 Å². The Morgan fingerprint density at radius 2 is 0.675 bits per heavy atom. The van der Waals surface area contributed by atoms with Gasteiger partial charge in [0.25, 0.3) is 0 Å². The third-order valence-electron chi connectivity index (χ3n) is 9.77. The van der Waals surface area contributed by atoms with Crippen LogP contribution in [0.1, 0.15) is 106 Å². The van der Waals surface area contributed by atoms with Crippen molar-refractivity contribution in [3.8, 4) is 0 Å². The van der Waals surface area contributed by atoms with Crippen LogP contribution >= 0.6 is 0 Å². The van der Waals surface area contributed by atoms with Crippen molar-refractivity contribution in [3.63, 3.8) is 0 Å². The topological polar surface area (TPSA) is 40.5 Å². The van der Waals surface area contributed by atoms with E-state index in [-0.39, 0.29) is 0 Å². The molecule has 0 spiro atoms. The summed E-state index contributed by atoms with van der Waals surface area (Å²) in [4.78, 5) is 0. The molecule has 0 saturated heterocycles. The Hall–Kier alpha value is -1.91. The zero-order valence-corrected chi connectivity index (χ0v) is 29.3. The molecule has 0 aliphatic heterocycles. The second kappa shape index (κ2) is 14.3. The molecule has 0 radical (unpaired) electrons. The minimum absolute atomic E-state index is 0.403. The van der Waals surface area contributed by atoms with Crippen molar-refractivity contribution in [1.82, 2.24) is 0 Å². The quantitative estimate of drug-likeness (QED) is 0.195. The van der Waals surface area contributed by atoms with Crippen LogP contribution in [-0.4, -0.2) is 26.4 Å². The van der Waals surface area contributed by atoms with Crippen molar-refractivity contribution in [3.05, 3.63) is 93.6 Å². The fourth-order valence-electron chi connectivity index (χ4n) is 8.43. The average molecular weight is 577 g/mol. The third kappa shape index (κ3) is 6.44. The molecule has 2 nitrogen and oxygen atoms in total. The van der Waals surface area contributed by atoms with Crippen LogP contribution in [-0.2, 0) is 0 Å². The molecule has 0 aliphatic carbocycles. The Bertz CT molecular complexity index is 1030. The number of hydrogen-bond donors (Lipinski definition) is 2. The van der Waals surface area contributed by atoms with E-state index in [0.717, 1.165) is 21.5 Å². The van der Waals surface area contributed by atoms with Gasteiger partial charge in [0.15, 0.2) is 0 Å². The molecule has 0 heterocycles. The van der Waals surface area contributed by atoms with Crippen LogP contribution in [0.25, 0.3) is 0 Å². The number of benzene rings is 2.